The number of imidazole rings is 1. The lowest BCUT2D eigenvalue weighted by molar-refractivity contribution is -0.121. The molecule has 0 aromatic carbocycles. The van der Waals surface area contributed by atoms with Crippen LogP contribution in [0.15, 0.2) is 12.4 Å². The molecule has 4 N–H and O–H groups in total. The standard InChI is InChI=1S/C7H12N4O/c1-9-7(12)5(8)4-6-10-2-3-11-6/h2-3,5H,4,8H2,1H3,(H,9,12)(H,10,11). The minimum atomic E-state index is -0.527. The van der Waals surface area contributed by atoms with E-state index in [0.29, 0.717) is 6.42 Å². The molecule has 0 saturated carbocycles. The molecule has 1 rings (SSSR count). The van der Waals surface area contributed by atoms with Crippen LogP contribution in [0.5, 0.6) is 0 Å². The average Bonchev–Trinajstić information content (AvgIpc) is 2.55. The highest BCUT2D eigenvalue weighted by Gasteiger charge is 2.12. The molecule has 0 spiro atoms. The molecule has 0 aliphatic heterocycles. The zero-order valence-electron chi connectivity index (χ0n) is 6.87. The molecule has 5 nitrogen and oxygen atoms in total. The van der Waals surface area contributed by atoms with Crippen molar-refractivity contribution in [3.05, 3.63) is 18.2 Å². The van der Waals surface area contributed by atoms with Crippen molar-refractivity contribution in [3.8, 4) is 0 Å². The van der Waals surface area contributed by atoms with Gasteiger partial charge in [0.05, 0.1) is 6.04 Å². The summed E-state index contributed by atoms with van der Waals surface area (Å²) in [5.41, 5.74) is 5.55. The normalized spacial score (nSPS) is 12.5. The topological polar surface area (TPSA) is 83.8 Å². The quantitative estimate of drug-likeness (QED) is 0.542. The molecule has 0 radical (unpaired) electrons. The molecular weight excluding hydrogens is 156 g/mol. The van der Waals surface area contributed by atoms with E-state index in [1.54, 1.807) is 19.4 Å². The number of rotatable bonds is 3. The number of H-pyrrole nitrogens is 1. The molecule has 1 aromatic heterocycles. The molecule has 5 heteroatoms. The molecular formula is C7H12N4O. The van der Waals surface area contributed by atoms with Gasteiger partial charge in [-0.05, 0) is 0 Å². The molecule has 0 bridgehead atoms. The van der Waals surface area contributed by atoms with Gasteiger partial charge in [0, 0.05) is 25.9 Å². The summed E-state index contributed by atoms with van der Waals surface area (Å²) < 4.78 is 0. The van der Waals surface area contributed by atoms with Crippen molar-refractivity contribution in [2.24, 2.45) is 5.73 Å². The number of likely N-dealkylation sites (N-methyl/N-ethyl adjacent to an activating group) is 1. The van der Waals surface area contributed by atoms with E-state index in [4.69, 9.17) is 5.73 Å². The Balaban J connectivity index is 2.47. The monoisotopic (exact) mass is 168 g/mol. The van der Waals surface area contributed by atoms with Crippen molar-refractivity contribution in [1.82, 2.24) is 15.3 Å². The van der Waals surface area contributed by atoms with E-state index < -0.39 is 6.04 Å². The SMILES string of the molecule is CNC(=O)C(N)Cc1ncc[nH]1. The Hall–Kier alpha value is -1.36. The minimum absolute atomic E-state index is 0.175. The van der Waals surface area contributed by atoms with Crippen LogP contribution in [0.2, 0.25) is 0 Å². The third-order valence-electron chi connectivity index (χ3n) is 1.55. The number of aromatic amines is 1. The summed E-state index contributed by atoms with van der Waals surface area (Å²) in [6.45, 7) is 0. The summed E-state index contributed by atoms with van der Waals surface area (Å²) >= 11 is 0. The lowest BCUT2D eigenvalue weighted by atomic mass is 10.2. The van der Waals surface area contributed by atoms with Crippen LogP contribution in [0.3, 0.4) is 0 Å². The minimum Gasteiger partial charge on any atom is -0.358 e. The molecule has 12 heavy (non-hydrogen) atoms. The Morgan fingerprint density at radius 1 is 1.92 bits per heavy atom. The summed E-state index contributed by atoms with van der Waals surface area (Å²) in [4.78, 5) is 17.8. The lowest BCUT2D eigenvalue weighted by Gasteiger charge is -2.06. The molecule has 1 unspecified atom stereocenters. The van der Waals surface area contributed by atoms with Crippen molar-refractivity contribution in [1.29, 1.82) is 0 Å². The summed E-state index contributed by atoms with van der Waals surface area (Å²) in [6.07, 6.45) is 3.77. The zero-order valence-corrected chi connectivity index (χ0v) is 6.87. The highest BCUT2D eigenvalue weighted by molar-refractivity contribution is 5.81. The van der Waals surface area contributed by atoms with Gasteiger partial charge in [-0.1, -0.05) is 0 Å². The van der Waals surface area contributed by atoms with Crippen LogP contribution in [0.25, 0.3) is 0 Å². The highest BCUT2D eigenvalue weighted by atomic mass is 16.2. The highest BCUT2D eigenvalue weighted by Crippen LogP contribution is 1.93. The lowest BCUT2D eigenvalue weighted by Crippen LogP contribution is -2.40. The van der Waals surface area contributed by atoms with E-state index in [9.17, 15) is 4.79 Å². The molecule has 0 fully saturated rings. The van der Waals surface area contributed by atoms with Gasteiger partial charge >= 0.3 is 0 Å². The maximum Gasteiger partial charge on any atom is 0.237 e. The second-order valence-corrected chi connectivity index (χ2v) is 2.46. The van der Waals surface area contributed by atoms with Gasteiger partial charge in [0.1, 0.15) is 5.82 Å². The summed E-state index contributed by atoms with van der Waals surface area (Å²) in [7, 11) is 1.56. The van der Waals surface area contributed by atoms with Gasteiger partial charge < -0.3 is 16.0 Å². The van der Waals surface area contributed by atoms with Gasteiger partial charge in [-0.2, -0.15) is 0 Å². The maximum absolute atomic E-state index is 11.0. The fourth-order valence-electron chi connectivity index (χ4n) is 0.896. The fourth-order valence-corrected chi connectivity index (χ4v) is 0.896. The van der Waals surface area contributed by atoms with Gasteiger partial charge in [-0.3, -0.25) is 4.79 Å². The maximum atomic E-state index is 11.0. The molecule has 1 amide bonds. The Labute approximate surface area is 70.4 Å². The third-order valence-corrected chi connectivity index (χ3v) is 1.55. The van der Waals surface area contributed by atoms with E-state index in [-0.39, 0.29) is 5.91 Å². The number of nitrogens with one attached hydrogen (secondary N) is 2. The predicted octanol–water partition coefficient (Wildman–Crippen LogP) is -0.974. The van der Waals surface area contributed by atoms with Gasteiger partial charge in [0.2, 0.25) is 5.91 Å². The summed E-state index contributed by atoms with van der Waals surface area (Å²) in [6, 6.07) is -0.527. The third kappa shape index (κ3) is 2.06. The number of amides is 1. The van der Waals surface area contributed by atoms with E-state index in [1.807, 2.05) is 0 Å². The number of hydrogen-bond donors (Lipinski definition) is 3. The van der Waals surface area contributed by atoms with Crippen LogP contribution in [-0.2, 0) is 11.2 Å². The van der Waals surface area contributed by atoms with Gasteiger partial charge in [0.15, 0.2) is 0 Å². The van der Waals surface area contributed by atoms with Crippen LogP contribution in [-0.4, -0.2) is 29.0 Å². The van der Waals surface area contributed by atoms with E-state index in [2.05, 4.69) is 15.3 Å². The molecule has 1 aromatic rings. The first-order chi connectivity index (χ1) is 5.74. The average molecular weight is 168 g/mol. The Bertz CT molecular complexity index is 244. The first-order valence-corrected chi connectivity index (χ1v) is 3.69. The Kier molecular flexibility index (Phi) is 2.82. The van der Waals surface area contributed by atoms with Crippen molar-refractivity contribution < 1.29 is 4.79 Å². The fraction of sp³-hybridized carbons (Fsp3) is 0.429. The zero-order chi connectivity index (χ0) is 8.97. The second kappa shape index (κ2) is 3.87. The Morgan fingerprint density at radius 2 is 2.67 bits per heavy atom. The first kappa shape index (κ1) is 8.73. The molecule has 1 atom stereocenters. The van der Waals surface area contributed by atoms with Crippen LogP contribution in [0.1, 0.15) is 5.82 Å². The van der Waals surface area contributed by atoms with Crippen LogP contribution in [0, 0.1) is 0 Å². The van der Waals surface area contributed by atoms with Crippen LogP contribution < -0.4 is 11.1 Å². The first-order valence-electron chi connectivity index (χ1n) is 3.69. The number of hydrogen-bond acceptors (Lipinski definition) is 3. The molecule has 66 valence electrons. The van der Waals surface area contributed by atoms with E-state index in [0.717, 1.165) is 5.82 Å². The largest absolute Gasteiger partial charge is 0.358 e. The number of carbonyl (C=O) groups is 1. The van der Waals surface area contributed by atoms with Gasteiger partial charge in [-0.15, -0.1) is 0 Å². The number of nitrogens with zero attached hydrogens (tertiary/aromatic N) is 1. The predicted molar refractivity (Wildman–Crippen MR) is 44.3 cm³/mol. The van der Waals surface area contributed by atoms with Crippen LogP contribution in [0.4, 0.5) is 0 Å². The number of nitrogens with two attached hydrogens (primary N) is 1. The molecule has 0 aliphatic carbocycles. The van der Waals surface area contributed by atoms with Crippen LogP contribution >= 0.6 is 0 Å². The smallest absolute Gasteiger partial charge is 0.237 e. The number of carbonyl (C=O) groups excluding carboxylic acids is 1. The van der Waals surface area contributed by atoms with Gasteiger partial charge in [-0.25, -0.2) is 4.98 Å². The van der Waals surface area contributed by atoms with Crippen molar-refractivity contribution in [2.45, 2.75) is 12.5 Å². The van der Waals surface area contributed by atoms with Gasteiger partial charge in [0.25, 0.3) is 0 Å². The summed E-state index contributed by atoms with van der Waals surface area (Å²) in [5, 5.41) is 2.47. The van der Waals surface area contributed by atoms with Crippen molar-refractivity contribution in [2.75, 3.05) is 7.05 Å². The molecule has 1 heterocycles. The molecule has 0 aliphatic rings. The summed E-state index contributed by atoms with van der Waals surface area (Å²) in [5.74, 6) is 0.553. The van der Waals surface area contributed by atoms with E-state index >= 15 is 0 Å². The van der Waals surface area contributed by atoms with E-state index in [1.165, 1.54) is 0 Å². The second-order valence-electron chi connectivity index (χ2n) is 2.46. The number of aromatic nitrogens is 2. The van der Waals surface area contributed by atoms with Crippen molar-refractivity contribution >= 4 is 5.91 Å². The Morgan fingerprint density at radius 3 is 3.17 bits per heavy atom. The van der Waals surface area contributed by atoms with Crippen molar-refractivity contribution in [3.63, 3.8) is 0 Å². The molecule has 0 saturated heterocycles.